The van der Waals surface area contributed by atoms with Crippen LogP contribution in [0.25, 0.3) is 6.08 Å². The summed E-state index contributed by atoms with van der Waals surface area (Å²) >= 11 is 0. The van der Waals surface area contributed by atoms with Gasteiger partial charge >= 0.3 is 5.97 Å². The highest BCUT2D eigenvalue weighted by Gasteiger charge is 2.29. The lowest BCUT2D eigenvalue weighted by molar-refractivity contribution is -0.131. The minimum absolute atomic E-state index is 0.148. The van der Waals surface area contributed by atoms with Crippen LogP contribution in [0.4, 0.5) is 0 Å². The molecule has 1 aromatic rings. The normalized spacial score (nSPS) is 17.6. The van der Waals surface area contributed by atoms with Crippen LogP contribution in [-0.2, 0) is 9.53 Å². The zero-order valence-corrected chi connectivity index (χ0v) is 12.0. The van der Waals surface area contributed by atoms with Gasteiger partial charge in [0.1, 0.15) is 0 Å². The molecule has 0 spiro atoms. The number of nitrogens with one attached hydrogen (secondary N) is 1. The maximum atomic E-state index is 12.3. The van der Waals surface area contributed by atoms with Gasteiger partial charge in [-0.2, -0.15) is 0 Å². The molecule has 1 fully saturated rings. The molecular formula is C16H19NO4. The van der Waals surface area contributed by atoms with Gasteiger partial charge in [0.05, 0.1) is 0 Å². The quantitative estimate of drug-likeness (QED) is 0.832. The van der Waals surface area contributed by atoms with Gasteiger partial charge in [-0.25, -0.2) is 4.79 Å². The fourth-order valence-electron chi connectivity index (χ4n) is 2.24. The topological polar surface area (TPSA) is 75.6 Å². The van der Waals surface area contributed by atoms with Crippen molar-refractivity contribution in [1.29, 1.82) is 0 Å². The minimum Gasteiger partial charge on any atom is -0.478 e. The zero-order valence-electron chi connectivity index (χ0n) is 12.0. The maximum absolute atomic E-state index is 12.3. The second-order valence-electron chi connectivity index (χ2n) is 5.42. The summed E-state index contributed by atoms with van der Waals surface area (Å²) in [5.41, 5.74) is 0.958. The summed E-state index contributed by atoms with van der Waals surface area (Å²) in [5, 5.41) is 11.7. The van der Waals surface area contributed by atoms with Crippen LogP contribution in [0.1, 0.15) is 35.7 Å². The zero-order chi connectivity index (χ0) is 15.3. The number of hydrogen-bond donors (Lipinski definition) is 2. The minimum atomic E-state index is -1.01. The van der Waals surface area contributed by atoms with Gasteiger partial charge < -0.3 is 15.2 Å². The molecule has 5 heteroatoms. The average molecular weight is 289 g/mol. The van der Waals surface area contributed by atoms with E-state index in [1.807, 2.05) is 6.92 Å². The van der Waals surface area contributed by atoms with Crippen LogP contribution in [0.2, 0.25) is 0 Å². The van der Waals surface area contributed by atoms with Crippen LogP contribution in [0, 0.1) is 0 Å². The van der Waals surface area contributed by atoms with Gasteiger partial charge in [-0.3, -0.25) is 4.79 Å². The molecule has 0 saturated carbocycles. The van der Waals surface area contributed by atoms with Crippen LogP contribution in [-0.4, -0.2) is 35.7 Å². The smallest absolute Gasteiger partial charge is 0.328 e. The standard InChI is InChI=1S/C16H19NO4/c1-16(7-9-21-10-8-16)17-15(20)13-4-2-3-12(11-13)5-6-14(18)19/h2-6,11H,7-10H2,1H3,(H,17,20)(H,18,19)/b6-5+. The number of carbonyl (C=O) groups excluding carboxylic acids is 1. The molecule has 1 aliphatic rings. The van der Waals surface area contributed by atoms with Gasteiger partial charge in [-0.05, 0) is 43.5 Å². The van der Waals surface area contributed by atoms with Crippen molar-refractivity contribution in [3.05, 3.63) is 41.5 Å². The molecule has 5 nitrogen and oxygen atoms in total. The monoisotopic (exact) mass is 289 g/mol. The number of benzene rings is 1. The number of ether oxygens (including phenoxy) is 1. The Morgan fingerprint density at radius 1 is 1.33 bits per heavy atom. The second kappa shape index (κ2) is 6.54. The van der Waals surface area contributed by atoms with Crippen molar-refractivity contribution in [3.63, 3.8) is 0 Å². The summed E-state index contributed by atoms with van der Waals surface area (Å²) in [6.07, 6.45) is 4.10. The van der Waals surface area contributed by atoms with E-state index in [0.29, 0.717) is 24.3 Å². The Morgan fingerprint density at radius 2 is 2.05 bits per heavy atom. The Balaban J connectivity index is 2.08. The van der Waals surface area contributed by atoms with E-state index < -0.39 is 5.97 Å². The largest absolute Gasteiger partial charge is 0.478 e. The Kier molecular flexibility index (Phi) is 4.75. The van der Waals surface area contributed by atoms with E-state index in [1.54, 1.807) is 24.3 Å². The molecule has 0 unspecified atom stereocenters. The summed E-state index contributed by atoms with van der Waals surface area (Å²) in [4.78, 5) is 22.8. The van der Waals surface area contributed by atoms with E-state index >= 15 is 0 Å². The van der Waals surface area contributed by atoms with Gasteiger partial charge in [0.15, 0.2) is 0 Å². The first-order valence-corrected chi connectivity index (χ1v) is 6.90. The molecular weight excluding hydrogens is 270 g/mol. The van der Waals surface area contributed by atoms with Crippen molar-refractivity contribution in [2.75, 3.05) is 13.2 Å². The first-order chi connectivity index (χ1) is 9.98. The summed E-state index contributed by atoms with van der Waals surface area (Å²) in [5.74, 6) is -1.16. The number of hydrogen-bond acceptors (Lipinski definition) is 3. The van der Waals surface area contributed by atoms with Crippen molar-refractivity contribution in [1.82, 2.24) is 5.32 Å². The Bertz CT molecular complexity index is 559. The van der Waals surface area contributed by atoms with Gasteiger partial charge in [0, 0.05) is 30.4 Å². The molecule has 112 valence electrons. The van der Waals surface area contributed by atoms with Gasteiger partial charge in [0.2, 0.25) is 0 Å². The fraction of sp³-hybridized carbons (Fsp3) is 0.375. The average Bonchev–Trinajstić information content (AvgIpc) is 2.45. The van der Waals surface area contributed by atoms with Gasteiger partial charge in [-0.1, -0.05) is 12.1 Å². The van der Waals surface area contributed by atoms with Crippen molar-refractivity contribution in [2.45, 2.75) is 25.3 Å². The molecule has 1 amide bonds. The predicted octanol–water partition coefficient (Wildman–Crippen LogP) is 2.08. The maximum Gasteiger partial charge on any atom is 0.328 e. The van der Waals surface area contributed by atoms with E-state index in [2.05, 4.69) is 5.32 Å². The van der Waals surface area contributed by atoms with E-state index in [9.17, 15) is 9.59 Å². The molecule has 1 saturated heterocycles. The van der Waals surface area contributed by atoms with Crippen LogP contribution < -0.4 is 5.32 Å². The lowest BCUT2D eigenvalue weighted by Gasteiger charge is -2.34. The summed E-state index contributed by atoms with van der Waals surface area (Å²) < 4.78 is 5.31. The molecule has 2 N–H and O–H groups in total. The molecule has 1 heterocycles. The van der Waals surface area contributed by atoms with E-state index in [-0.39, 0.29) is 11.4 Å². The molecule has 21 heavy (non-hydrogen) atoms. The molecule has 0 radical (unpaired) electrons. The Labute approximate surface area is 123 Å². The summed E-state index contributed by atoms with van der Waals surface area (Å²) in [6, 6.07) is 6.89. The number of amides is 1. The van der Waals surface area contributed by atoms with Crippen LogP contribution in [0.3, 0.4) is 0 Å². The predicted molar refractivity (Wildman–Crippen MR) is 79.0 cm³/mol. The van der Waals surface area contributed by atoms with Crippen molar-refractivity contribution < 1.29 is 19.4 Å². The highest BCUT2D eigenvalue weighted by Crippen LogP contribution is 2.20. The second-order valence-corrected chi connectivity index (χ2v) is 5.42. The van der Waals surface area contributed by atoms with Crippen molar-refractivity contribution in [2.24, 2.45) is 0 Å². The molecule has 1 aromatic carbocycles. The van der Waals surface area contributed by atoms with E-state index in [4.69, 9.17) is 9.84 Å². The van der Waals surface area contributed by atoms with Gasteiger partial charge in [0.25, 0.3) is 5.91 Å². The summed E-state index contributed by atoms with van der Waals surface area (Å²) in [6.45, 7) is 3.32. The molecule has 0 aliphatic carbocycles. The summed E-state index contributed by atoms with van der Waals surface area (Å²) in [7, 11) is 0. The molecule has 0 atom stereocenters. The van der Waals surface area contributed by atoms with Crippen LogP contribution in [0.15, 0.2) is 30.3 Å². The van der Waals surface area contributed by atoms with E-state index in [1.165, 1.54) is 6.08 Å². The molecule has 1 aliphatic heterocycles. The van der Waals surface area contributed by atoms with Crippen molar-refractivity contribution in [3.8, 4) is 0 Å². The van der Waals surface area contributed by atoms with Crippen molar-refractivity contribution >= 4 is 18.0 Å². The third kappa shape index (κ3) is 4.43. The number of aliphatic carboxylic acids is 1. The number of carbonyl (C=O) groups is 2. The number of carboxylic acid groups (broad SMARTS) is 1. The third-order valence-electron chi connectivity index (χ3n) is 3.58. The lowest BCUT2D eigenvalue weighted by atomic mass is 9.92. The molecule has 0 aromatic heterocycles. The fourth-order valence-corrected chi connectivity index (χ4v) is 2.24. The molecule has 2 rings (SSSR count). The lowest BCUT2D eigenvalue weighted by Crippen LogP contribution is -2.49. The highest BCUT2D eigenvalue weighted by atomic mass is 16.5. The number of rotatable bonds is 4. The SMILES string of the molecule is CC1(NC(=O)c2cccc(/C=C/C(=O)O)c2)CCOCC1. The van der Waals surface area contributed by atoms with Crippen LogP contribution in [0.5, 0.6) is 0 Å². The first-order valence-electron chi connectivity index (χ1n) is 6.90. The highest BCUT2D eigenvalue weighted by molar-refractivity contribution is 5.95. The Hall–Kier alpha value is -2.14. The first kappa shape index (κ1) is 15.3. The Morgan fingerprint density at radius 3 is 2.71 bits per heavy atom. The third-order valence-corrected chi connectivity index (χ3v) is 3.58. The van der Waals surface area contributed by atoms with E-state index in [0.717, 1.165) is 18.9 Å². The molecule has 0 bridgehead atoms. The van der Waals surface area contributed by atoms with Crippen LogP contribution >= 0.6 is 0 Å². The number of carboxylic acids is 1. The van der Waals surface area contributed by atoms with Gasteiger partial charge in [-0.15, -0.1) is 0 Å².